The number of rotatable bonds is 4. The molecule has 2 atom stereocenters. The van der Waals surface area contributed by atoms with Gasteiger partial charge in [-0.15, -0.1) is 0 Å². The summed E-state index contributed by atoms with van der Waals surface area (Å²) in [7, 11) is 0. The zero-order valence-corrected chi connectivity index (χ0v) is 16.0. The molecule has 7 heteroatoms. The number of amides is 1. The molecule has 0 aliphatic carbocycles. The van der Waals surface area contributed by atoms with Gasteiger partial charge in [-0.05, 0) is 57.7 Å². The van der Waals surface area contributed by atoms with Gasteiger partial charge in [0, 0.05) is 23.8 Å². The number of benzene rings is 1. The van der Waals surface area contributed by atoms with Crippen molar-refractivity contribution in [3.8, 4) is 0 Å². The monoisotopic (exact) mass is 373 g/mol. The van der Waals surface area contributed by atoms with E-state index in [9.17, 15) is 14.7 Å². The molecule has 2 aromatic rings. The maximum atomic E-state index is 12.1. The van der Waals surface area contributed by atoms with Crippen LogP contribution in [0.15, 0.2) is 30.3 Å². The van der Waals surface area contributed by atoms with Gasteiger partial charge in [-0.1, -0.05) is 18.2 Å². The lowest BCUT2D eigenvalue weighted by atomic mass is 10.0. The molecule has 1 aromatic carbocycles. The number of fused-ring (bicyclic) bond motifs is 1. The van der Waals surface area contributed by atoms with Gasteiger partial charge in [0.15, 0.2) is 0 Å². The molecule has 146 valence electrons. The smallest absolute Gasteiger partial charge is 0.407 e. The molecular formula is C20H27N3O4. The van der Waals surface area contributed by atoms with E-state index in [0.717, 1.165) is 23.7 Å². The molecule has 1 aliphatic rings. The molecule has 1 aliphatic heterocycles. The van der Waals surface area contributed by atoms with Crippen LogP contribution < -0.4 is 5.32 Å². The van der Waals surface area contributed by atoms with Crippen LogP contribution in [0.1, 0.15) is 45.3 Å². The number of para-hydroxylation sites is 1. The lowest BCUT2D eigenvalue weighted by molar-refractivity contribution is -0.144. The van der Waals surface area contributed by atoms with Crippen molar-refractivity contribution in [2.24, 2.45) is 0 Å². The third-order valence-electron chi connectivity index (χ3n) is 4.62. The first-order valence-electron chi connectivity index (χ1n) is 9.27. The Morgan fingerprint density at radius 1 is 1.33 bits per heavy atom. The Morgan fingerprint density at radius 2 is 2.07 bits per heavy atom. The highest BCUT2D eigenvalue weighted by Gasteiger charge is 2.33. The van der Waals surface area contributed by atoms with Crippen molar-refractivity contribution < 1.29 is 19.4 Å². The first kappa shape index (κ1) is 19.2. The number of alkyl carbamates (subject to hydrolysis) is 1. The molecule has 0 saturated carbocycles. The highest BCUT2D eigenvalue weighted by molar-refractivity contribution is 5.83. The highest BCUT2D eigenvalue weighted by Crippen LogP contribution is 2.27. The average molecular weight is 373 g/mol. The number of carboxylic acid groups (broad SMARTS) is 1. The fourth-order valence-electron chi connectivity index (χ4n) is 3.56. The van der Waals surface area contributed by atoms with Gasteiger partial charge in [-0.3, -0.25) is 9.69 Å². The molecule has 1 fully saturated rings. The van der Waals surface area contributed by atoms with Gasteiger partial charge in [-0.2, -0.15) is 0 Å². The highest BCUT2D eigenvalue weighted by atomic mass is 16.6. The van der Waals surface area contributed by atoms with E-state index in [4.69, 9.17) is 4.74 Å². The topological polar surface area (TPSA) is 94.7 Å². The van der Waals surface area contributed by atoms with E-state index < -0.39 is 23.7 Å². The molecular weight excluding hydrogens is 346 g/mol. The van der Waals surface area contributed by atoms with E-state index in [-0.39, 0.29) is 6.04 Å². The lowest BCUT2D eigenvalue weighted by Gasteiger charge is -2.36. The first-order chi connectivity index (χ1) is 12.7. The summed E-state index contributed by atoms with van der Waals surface area (Å²) < 4.78 is 5.32. The van der Waals surface area contributed by atoms with Crippen molar-refractivity contribution in [1.29, 1.82) is 0 Å². The van der Waals surface area contributed by atoms with Crippen LogP contribution in [0.3, 0.4) is 0 Å². The van der Waals surface area contributed by atoms with Gasteiger partial charge in [-0.25, -0.2) is 4.79 Å². The van der Waals surface area contributed by atoms with Crippen LogP contribution in [0, 0.1) is 0 Å². The van der Waals surface area contributed by atoms with Gasteiger partial charge in [0.1, 0.15) is 11.6 Å². The fourth-order valence-corrected chi connectivity index (χ4v) is 3.56. The average Bonchev–Trinajstić information content (AvgIpc) is 2.96. The van der Waals surface area contributed by atoms with Crippen LogP contribution in [0.2, 0.25) is 0 Å². The van der Waals surface area contributed by atoms with E-state index in [1.807, 2.05) is 56.0 Å². The Labute approximate surface area is 158 Å². The van der Waals surface area contributed by atoms with Crippen LogP contribution in [-0.4, -0.2) is 51.8 Å². The Hall–Kier alpha value is -2.54. The van der Waals surface area contributed by atoms with Crippen LogP contribution >= 0.6 is 0 Å². The van der Waals surface area contributed by atoms with E-state index in [0.29, 0.717) is 18.8 Å². The van der Waals surface area contributed by atoms with E-state index in [1.54, 1.807) is 0 Å². The first-order valence-corrected chi connectivity index (χ1v) is 9.27. The van der Waals surface area contributed by atoms with E-state index >= 15 is 0 Å². The second-order valence-corrected chi connectivity index (χ2v) is 8.03. The standard InChI is InChI=1S/C20H27N3O4/c1-20(2,3)27-19(26)21-14-8-6-10-23(12-14)17(18(24)25)16-11-13-7-4-5-9-15(13)22-16/h4-5,7,9,11,14,17,22H,6,8,10,12H2,1-3H3,(H,21,26)(H,24,25). The zero-order valence-electron chi connectivity index (χ0n) is 16.0. The normalized spacial score (nSPS) is 19.6. The van der Waals surface area contributed by atoms with Crippen molar-refractivity contribution in [3.63, 3.8) is 0 Å². The summed E-state index contributed by atoms with van der Waals surface area (Å²) in [6.45, 7) is 6.58. The Kier molecular flexibility index (Phi) is 5.41. The minimum atomic E-state index is -0.903. The van der Waals surface area contributed by atoms with Gasteiger partial charge < -0.3 is 20.1 Å². The van der Waals surface area contributed by atoms with Crippen molar-refractivity contribution in [1.82, 2.24) is 15.2 Å². The third-order valence-corrected chi connectivity index (χ3v) is 4.62. The van der Waals surface area contributed by atoms with Crippen LogP contribution in [0.5, 0.6) is 0 Å². The van der Waals surface area contributed by atoms with E-state index in [2.05, 4.69) is 10.3 Å². The maximum absolute atomic E-state index is 12.1. The van der Waals surface area contributed by atoms with Gasteiger partial charge in [0.25, 0.3) is 0 Å². The molecule has 1 amide bonds. The van der Waals surface area contributed by atoms with Gasteiger partial charge in [0.2, 0.25) is 0 Å². The van der Waals surface area contributed by atoms with Crippen LogP contribution in [-0.2, 0) is 9.53 Å². The van der Waals surface area contributed by atoms with E-state index in [1.165, 1.54) is 0 Å². The number of carbonyl (C=O) groups is 2. The number of carbonyl (C=O) groups excluding carboxylic acids is 1. The van der Waals surface area contributed by atoms with Crippen molar-refractivity contribution in [2.75, 3.05) is 13.1 Å². The summed E-state index contributed by atoms with van der Waals surface area (Å²) in [5, 5.41) is 13.7. The van der Waals surface area contributed by atoms with Crippen LogP contribution in [0.4, 0.5) is 4.79 Å². The number of aromatic amines is 1. The Balaban J connectivity index is 1.74. The molecule has 3 N–H and O–H groups in total. The predicted molar refractivity (Wildman–Crippen MR) is 103 cm³/mol. The molecule has 2 heterocycles. The van der Waals surface area contributed by atoms with Crippen LogP contribution in [0.25, 0.3) is 10.9 Å². The number of ether oxygens (including phenoxy) is 1. The fraction of sp³-hybridized carbons (Fsp3) is 0.500. The number of aromatic nitrogens is 1. The molecule has 1 saturated heterocycles. The molecule has 3 rings (SSSR count). The number of nitrogens with zero attached hydrogens (tertiary/aromatic N) is 1. The lowest BCUT2D eigenvalue weighted by Crippen LogP contribution is -2.50. The number of aliphatic carboxylic acids is 1. The third kappa shape index (κ3) is 4.80. The second-order valence-electron chi connectivity index (χ2n) is 8.03. The molecule has 0 radical (unpaired) electrons. The molecule has 7 nitrogen and oxygen atoms in total. The number of carboxylic acids is 1. The van der Waals surface area contributed by atoms with Crippen molar-refractivity contribution in [2.45, 2.75) is 51.3 Å². The molecule has 1 aromatic heterocycles. The number of piperidine rings is 1. The summed E-state index contributed by atoms with van der Waals surface area (Å²) in [5.74, 6) is -0.903. The van der Waals surface area contributed by atoms with Gasteiger partial charge in [0.05, 0.1) is 0 Å². The number of hydrogen-bond acceptors (Lipinski definition) is 4. The molecule has 0 bridgehead atoms. The zero-order chi connectivity index (χ0) is 19.6. The summed E-state index contributed by atoms with van der Waals surface area (Å²) >= 11 is 0. The largest absolute Gasteiger partial charge is 0.480 e. The molecule has 27 heavy (non-hydrogen) atoms. The van der Waals surface area contributed by atoms with Gasteiger partial charge >= 0.3 is 12.1 Å². The number of hydrogen-bond donors (Lipinski definition) is 3. The quantitative estimate of drug-likeness (QED) is 0.764. The molecule has 0 spiro atoms. The van der Waals surface area contributed by atoms with Crippen molar-refractivity contribution >= 4 is 23.0 Å². The Bertz CT molecular complexity index is 791. The number of likely N-dealkylation sites (tertiary alicyclic amines) is 1. The summed E-state index contributed by atoms with van der Waals surface area (Å²) in [5.41, 5.74) is 1.01. The summed E-state index contributed by atoms with van der Waals surface area (Å²) in [4.78, 5) is 29.2. The number of nitrogens with one attached hydrogen (secondary N) is 2. The Morgan fingerprint density at radius 3 is 2.74 bits per heavy atom. The van der Waals surface area contributed by atoms with Crippen molar-refractivity contribution in [3.05, 3.63) is 36.0 Å². The minimum Gasteiger partial charge on any atom is -0.480 e. The molecule has 2 unspecified atom stereocenters. The maximum Gasteiger partial charge on any atom is 0.407 e. The SMILES string of the molecule is CC(C)(C)OC(=O)NC1CCCN(C(C(=O)O)c2cc3ccccc3[nH]2)C1. The predicted octanol–water partition coefficient (Wildman–Crippen LogP) is 3.28. The minimum absolute atomic E-state index is 0.139. The summed E-state index contributed by atoms with van der Waals surface area (Å²) in [6, 6.07) is 8.70. The summed E-state index contributed by atoms with van der Waals surface area (Å²) in [6.07, 6.45) is 1.14. The second kappa shape index (κ2) is 7.60. The number of H-pyrrole nitrogens is 1.